The van der Waals surface area contributed by atoms with Crippen LogP contribution < -0.4 is 14.8 Å². The molecule has 0 amide bonds. The van der Waals surface area contributed by atoms with Gasteiger partial charge < -0.3 is 24.8 Å². The number of fused-ring (bicyclic) bond motifs is 1. The monoisotopic (exact) mass is 445 g/mol. The Morgan fingerprint density at radius 1 is 0.879 bits per heavy atom. The van der Waals surface area contributed by atoms with Gasteiger partial charge in [-0.15, -0.1) is 10.2 Å². The maximum absolute atomic E-state index is 5.54. The molecule has 172 valence electrons. The van der Waals surface area contributed by atoms with Gasteiger partial charge in [0.05, 0.1) is 19.9 Å². The van der Waals surface area contributed by atoms with Crippen LogP contribution in [0.1, 0.15) is 49.9 Å². The van der Waals surface area contributed by atoms with Crippen molar-refractivity contribution in [2.24, 2.45) is 0 Å². The zero-order valence-electron chi connectivity index (χ0n) is 19.7. The summed E-state index contributed by atoms with van der Waals surface area (Å²) in [5.74, 6) is 4.05. The van der Waals surface area contributed by atoms with Crippen LogP contribution in [-0.4, -0.2) is 47.5 Å². The fourth-order valence-corrected chi connectivity index (χ4v) is 4.86. The number of aromatic nitrogens is 4. The number of methoxy groups -OCH3 is 2. The van der Waals surface area contributed by atoms with Gasteiger partial charge in [-0.1, -0.05) is 13.8 Å². The lowest BCUT2D eigenvalue weighted by Gasteiger charge is -2.19. The zero-order valence-corrected chi connectivity index (χ0v) is 19.7. The van der Waals surface area contributed by atoms with Gasteiger partial charge in [-0.3, -0.25) is 0 Å². The number of rotatable bonds is 6. The minimum Gasteiger partial charge on any atom is -0.493 e. The average molecular weight is 446 g/mol. The van der Waals surface area contributed by atoms with Gasteiger partial charge in [0.25, 0.3) is 0 Å². The van der Waals surface area contributed by atoms with Crippen molar-refractivity contribution in [3.8, 4) is 34.1 Å². The standard InChI is InChI=1S/C26H31N5O2/c1-15(2)23-19-13-18(26-29-25(30-31-26)16-9-11-27-12-10-16)5-7-20(19)28-24(23)17-6-8-21(32-3)22(14-17)33-4/h5-8,13-16,27-28H,9-12H2,1-4H3,(H,29,30,31). The predicted molar refractivity (Wildman–Crippen MR) is 131 cm³/mol. The lowest BCUT2D eigenvalue weighted by atomic mass is 9.95. The summed E-state index contributed by atoms with van der Waals surface area (Å²) < 4.78 is 11.0. The van der Waals surface area contributed by atoms with Gasteiger partial charge in [-0.2, -0.15) is 0 Å². The summed E-state index contributed by atoms with van der Waals surface area (Å²) in [5, 5.41) is 13.6. The molecule has 5 rings (SSSR count). The van der Waals surface area contributed by atoms with Crippen molar-refractivity contribution in [3.63, 3.8) is 0 Å². The Morgan fingerprint density at radius 2 is 1.64 bits per heavy atom. The number of benzene rings is 2. The molecule has 1 aliphatic heterocycles. The summed E-state index contributed by atoms with van der Waals surface area (Å²) >= 11 is 0. The highest BCUT2D eigenvalue weighted by molar-refractivity contribution is 5.94. The van der Waals surface area contributed by atoms with Crippen LogP contribution in [0.25, 0.3) is 33.5 Å². The molecule has 0 bridgehead atoms. The molecule has 1 fully saturated rings. The molecule has 0 unspecified atom stereocenters. The number of H-pyrrole nitrogens is 2. The van der Waals surface area contributed by atoms with E-state index >= 15 is 0 Å². The molecular formula is C26H31N5O2. The summed E-state index contributed by atoms with van der Waals surface area (Å²) in [6.45, 7) is 6.52. The number of hydrogen-bond acceptors (Lipinski definition) is 5. The predicted octanol–water partition coefficient (Wildman–Crippen LogP) is 5.23. The first-order valence-corrected chi connectivity index (χ1v) is 11.6. The minimum atomic E-state index is 0.331. The van der Waals surface area contributed by atoms with E-state index in [4.69, 9.17) is 9.47 Å². The average Bonchev–Trinajstić information content (AvgIpc) is 3.49. The van der Waals surface area contributed by atoms with Gasteiger partial charge in [0.15, 0.2) is 17.3 Å². The largest absolute Gasteiger partial charge is 0.493 e. The second-order valence-corrected chi connectivity index (χ2v) is 8.98. The molecule has 2 aromatic heterocycles. The summed E-state index contributed by atoms with van der Waals surface area (Å²) in [7, 11) is 3.32. The van der Waals surface area contributed by atoms with Crippen molar-refractivity contribution in [1.82, 2.24) is 25.5 Å². The smallest absolute Gasteiger partial charge is 0.161 e. The Labute approximate surface area is 193 Å². The Morgan fingerprint density at radius 3 is 2.36 bits per heavy atom. The summed E-state index contributed by atoms with van der Waals surface area (Å²) in [6, 6.07) is 12.5. The van der Waals surface area contributed by atoms with E-state index in [2.05, 4.69) is 63.6 Å². The van der Waals surface area contributed by atoms with Crippen LogP contribution in [0, 0.1) is 0 Å². The molecule has 33 heavy (non-hydrogen) atoms. The maximum atomic E-state index is 5.54. The number of nitrogens with one attached hydrogen (secondary N) is 3. The van der Waals surface area contributed by atoms with Crippen LogP contribution in [0.3, 0.4) is 0 Å². The fourth-order valence-electron chi connectivity index (χ4n) is 4.86. The van der Waals surface area contributed by atoms with Crippen molar-refractivity contribution >= 4 is 10.9 Å². The quantitative estimate of drug-likeness (QED) is 0.378. The number of nitrogens with zero attached hydrogens (tertiary/aromatic N) is 2. The second-order valence-electron chi connectivity index (χ2n) is 8.98. The van der Waals surface area contributed by atoms with Gasteiger partial charge in [-0.25, -0.2) is 0 Å². The normalized spacial score (nSPS) is 14.8. The topological polar surface area (TPSA) is 87.9 Å². The SMILES string of the molecule is COc1ccc(-c2[nH]c3ccc(-c4nnc(C5CCNCC5)[nH]4)cc3c2C(C)C)cc1OC. The lowest BCUT2D eigenvalue weighted by molar-refractivity contribution is 0.355. The molecule has 0 radical (unpaired) electrons. The number of piperidine rings is 1. The van der Waals surface area contributed by atoms with Crippen LogP contribution in [-0.2, 0) is 0 Å². The van der Waals surface area contributed by atoms with Crippen molar-refractivity contribution < 1.29 is 9.47 Å². The van der Waals surface area contributed by atoms with Gasteiger partial charge in [0, 0.05) is 27.9 Å². The molecule has 7 heteroatoms. The van der Waals surface area contributed by atoms with E-state index in [0.717, 1.165) is 71.4 Å². The first-order valence-electron chi connectivity index (χ1n) is 11.6. The fraction of sp³-hybridized carbons (Fsp3) is 0.385. The summed E-state index contributed by atoms with van der Waals surface area (Å²) in [5.41, 5.74) is 5.60. The Hall–Kier alpha value is -3.32. The summed E-state index contributed by atoms with van der Waals surface area (Å²) in [4.78, 5) is 7.12. The van der Waals surface area contributed by atoms with Gasteiger partial charge in [0.2, 0.25) is 0 Å². The molecule has 1 aliphatic rings. The summed E-state index contributed by atoms with van der Waals surface area (Å²) in [6.07, 6.45) is 2.19. The lowest BCUT2D eigenvalue weighted by Crippen LogP contribution is -2.27. The molecule has 2 aromatic carbocycles. The van der Waals surface area contributed by atoms with E-state index < -0.39 is 0 Å². The molecule has 7 nitrogen and oxygen atoms in total. The highest BCUT2D eigenvalue weighted by Gasteiger charge is 2.21. The molecule has 1 saturated heterocycles. The van der Waals surface area contributed by atoms with E-state index in [1.807, 2.05) is 12.1 Å². The van der Waals surface area contributed by atoms with Crippen molar-refractivity contribution in [2.45, 2.75) is 38.5 Å². The first kappa shape index (κ1) is 21.5. The molecule has 4 aromatic rings. The Balaban J connectivity index is 1.56. The van der Waals surface area contributed by atoms with Crippen LogP contribution in [0.15, 0.2) is 36.4 Å². The molecule has 0 saturated carbocycles. The van der Waals surface area contributed by atoms with E-state index in [1.54, 1.807) is 14.2 Å². The molecule has 3 N–H and O–H groups in total. The Kier molecular flexibility index (Phi) is 5.81. The Bertz CT molecular complexity index is 1270. The number of aromatic amines is 2. The molecular weight excluding hydrogens is 414 g/mol. The first-order chi connectivity index (χ1) is 16.1. The molecule has 0 aliphatic carbocycles. The zero-order chi connectivity index (χ0) is 22.9. The van der Waals surface area contributed by atoms with E-state index in [-0.39, 0.29) is 0 Å². The molecule has 3 heterocycles. The second kappa shape index (κ2) is 8.90. The third-order valence-electron chi connectivity index (χ3n) is 6.59. The maximum Gasteiger partial charge on any atom is 0.161 e. The van der Waals surface area contributed by atoms with Crippen LogP contribution in [0.5, 0.6) is 11.5 Å². The van der Waals surface area contributed by atoms with Crippen LogP contribution in [0.2, 0.25) is 0 Å². The van der Waals surface area contributed by atoms with E-state index in [1.165, 1.54) is 10.9 Å². The third kappa shape index (κ3) is 3.97. The van der Waals surface area contributed by atoms with Crippen molar-refractivity contribution in [3.05, 3.63) is 47.8 Å². The molecule has 0 spiro atoms. The van der Waals surface area contributed by atoms with E-state index in [0.29, 0.717) is 11.8 Å². The van der Waals surface area contributed by atoms with Crippen molar-refractivity contribution in [2.75, 3.05) is 27.3 Å². The third-order valence-corrected chi connectivity index (χ3v) is 6.59. The van der Waals surface area contributed by atoms with Crippen LogP contribution in [0.4, 0.5) is 0 Å². The van der Waals surface area contributed by atoms with Crippen molar-refractivity contribution in [1.29, 1.82) is 0 Å². The van der Waals surface area contributed by atoms with Gasteiger partial charge >= 0.3 is 0 Å². The van der Waals surface area contributed by atoms with E-state index in [9.17, 15) is 0 Å². The number of ether oxygens (including phenoxy) is 2. The van der Waals surface area contributed by atoms with Gasteiger partial charge in [0.1, 0.15) is 5.82 Å². The minimum absolute atomic E-state index is 0.331. The highest BCUT2D eigenvalue weighted by Crippen LogP contribution is 2.40. The molecule has 0 atom stereocenters. The van der Waals surface area contributed by atoms with Gasteiger partial charge in [-0.05, 0) is 73.8 Å². The highest BCUT2D eigenvalue weighted by atomic mass is 16.5. The number of hydrogen-bond donors (Lipinski definition) is 3. The van der Waals surface area contributed by atoms with Crippen LogP contribution >= 0.6 is 0 Å².